The Morgan fingerprint density at radius 1 is 1.17 bits per heavy atom. The summed E-state index contributed by atoms with van der Waals surface area (Å²) in [7, 11) is 1.59. The number of ether oxygens (including phenoxy) is 1. The van der Waals surface area contributed by atoms with Crippen molar-refractivity contribution >= 4 is 10.8 Å². The average molecular weight is 322 g/mol. The molecule has 4 heteroatoms. The van der Waals surface area contributed by atoms with E-state index in [-0.39, 0.29) is 5.56 Å². The van der Waals surface area contributed by atoms with Gasteiger partial charge in [0, 0.05) is 24.5 Å². The highest BCUT2D eigenvalue weighted by atomic mass is 16.5. The van der Waals surface area contributed by atoms with Gasteiger partial charge < -0.3 is 9.30 Å². The Bertz CT molecular complexity index is 929. The summed E-state index contributed by atoms with van der Waals surface area (Å²) in [6.07, 6.45) is 3.49. The molecule has 2 aromatic heterocycles. The standard InChI is InChI=1S/C20H22N2O2/c1-4-11-22-16(5-2)12-15-7-6-8-17(19(15)20(22)23)14-9-10-21-18(13-14)24-3/h6-10,12-13H,4-5,11H2,1-3H3. The molecule has 0 amide bonds. The van der Waals surface area contributed by atoms with Gasteiger partial charge in [-0.1, -0.05) is 32.0 Å². The van der Waals surface area contributed by atoms with Gasteiger partial charge in [-0.3, -0.25) is 4.79 Å². The molecule has 0 aliphatic heterocycles. The van der Waals surface area contributed by atoms with Gasteiger partial charge >= 0.3 is 0 Å². The first-order valence-corrected chi connectivity index (χ1v) is 8.35. The van der Waals surface area contributed by atoms with Crippen LogP contribution >= 0.6 is 0 Å². The van der Waals surface area contributed by atoms with Gasteiger partial charge in [-0.2, -0.15) is 0 Å². The Labute approximate surface area is 141 Å². The maximum atomic E-state index is 13.2. The number of rotatable bonds is 5. The van der Waals surface area contributed by atoms with Crippen molar-refractivity contribution in [2.75, 3.05) is 7.11 Å². The Balaban J connectivity index is 2.33. The zero-order valence-corrected chi connectivity index (χ0v) is 14.4. The number of aromatic nitrogens is 2. The highest BCUT2D eigenvalue weighted by molar-refractivity contribution is 5.96. The lowest BCUT2D eigenvalue weighted by Crippen LogP contribution is -2.24. The number of nitrogens with zero attached hydrogens (tertiary/aromatic N) is 2. The molecule has 0 spiro atoms. The van der Waals surface area contributed by atoms with Crippen molar-refractivity contribution in [3.05, 3.63) is 58.6 Å². The second-order valence-corrected chi connectivity index (χ2v) is 5.80. The first-order valence-electron chi connectivity index (χ1n) is 8.35. The zero-order chi connectivity index (χ0) is 17.1. The van der Waals surface area contributed by atoms with Crippen molar-refractivity contribution < 1.29 is 4.74 Å². The third-order valence-corrected chi connectivity index (χ3v) is 4.29. The molecule has 0 saturated heterocycles. The molecule has 0 saturated carbocycles. The second-order valence-electron chi connectivity index (χ2n) is 5.80. The van der Waals surface area contributed by atoms with Crippen molar-refractivity contribution in [1.29, 1.82) is 0 Å². The summed E-state index contributed by atoms with van der Waals surface area (Å²) < 4.78 is 7.13. The van der Waals surface area contributed by atoms with E-state index in [2.05, 4.69) is 24.9 Å². The van der Waals surface area contributed by atoms with Crippen LogP contribution < -0.4 is 10.3 Å². The molecule has 3 rings (SSSR count). The lowest BCUT2D eigenvalue weighted by Gasteiger charge is -2.15. The number of hydrogen-bond acceptors (Lipinski definition) is 3. The van der Waals surface area contributed by atoms with Crippen LogP contribution in [-0.4, -0.2) is 16.7 Å². The van der Waals surface area contributed by atoms with Gasteiger partial charge in [0.25, 0.3) is 5.56 Å². The van der Waals surface area contributed by atoms with Crippen LogP contribution in [0.1, 0.15) is 26.0 Å². The molecule has 0 atom stereocenters. The summed E-state index contributed by atoms with van der Waals surface area (Å²) in [6.45, 7) is 4.92. The maximum Gasteiger partial charge on any atom is 0.259 e. The quantitative estimate of drug-likeness (QED) is 0.712. The van der Waals surface area contributed by atoms with Crippen molar-refractivity contribution in [1.82, 2.24) is 9.55 Å². The molecule has 0 unspecified atom stereocenters. The van der Waals surface area contributed by atoms with E-state index in [0.29, 0.717) is 5.88 Å². The number of methoxy groups -OCH3 is 1. The minimum atomic E-state index is 0.0811. The molecular weight excluding hydrogens is 300 g/mol. The Kier molecular flexibility index (Phi) is 4.65. The third kappa shape index (κ3) is 2.80. The highest BCUT2D eigenvalue weighted by Gasteiger charge is 2.13. The normalized spacial score (nSPS) is 11.0. The van der Waals surface area contributed by atoms with E-state index < -0.39 is 0 Å². The largest absolute Gasteiger partial charge is 0.481 e. The molecule has 0 N–H and O–H groups in total. The second kappa shape index (κ2) is 6.87. The summed E-state index contributed by atoms with van der Waals surface area (Å²) in [6, 6.07) is 11.9. The van der Waals surface area contributed by atoms with E-state index in [9.17, 15) is 4.79 Å². The Morgan fingerprint density at radius 2 is 2.00 bits per heavy atom. The van der Waals surface area contributed by atoms with E-state index in [0.717, 1.165) is 47.0 Å². The molecular formula is C20H22N2O2. The van der Waals surface area contributed by atoms with Gasteiger partial charge in [0.2, 0.25) is 5.88 Å². The summed E-state index contributed by atoms with van der Waals surface area (Å²) in [4.78, 5) is 17.3. The van der Waals surface area contributed by atoms with Crippen LogP contribution in [0.3, 0.4) is 0 Å². The number of fused-ring (bicyclic) bond motifs is 1. The summed E-state index contributed by atoms with van der Waals surface area (Å²) in [5.74, 6) is 0.545. The van der Waals surface area contributed by atoms with Crippen molar-refractivity contribution in [2.45, 2.75) is 33.2 Å². The van der Waals surface area contributed by atoms with E-state index in [1.807, 2.05) is 34.9 Å². The van der Waals surface area contributed by atoms with Gasteiger partial charge in [0.15, 0.2) is 0 Å². The number of pyridine rings is 2. The minimum absolute atomic E-state index is 0.0811. The molecule has 0 fully saturated rings. The molecule has 2 heterocycles. The van der Waals surface area contributed by atoms with Crippen LogP contribution in [0.4, 0.5) is 0 Å². The number of aryl methyl sites for hydroxylation is 1. The monoisotopic (exact) mass is 322 g/mol. The fourth-order valence-corrected chi connectivity index (χ4v) is 3.14. The summed E-state index contributed by atoms with van der Waals surface area (Å²) >= 11 is 0. The highest BCUT2D eigenvalue weighted by Crippen LogP contribution is 2.28. The maximum absolute atomic E-state index is 13.2. The summed E-state index contributed by atoms with van der Waals surface area (Å²) in [5.41, 5.74) is 3.03. The van der Waals surface area contributed by atoms with Crippen LogP contribution in [0, 0.1) is 0 Å². The molecule has 4 nitrogen and oxygen atoms in total. The Morgan fingerprint density at radius 3 is 2.71 bits per heavy atom. The van der Waals surface area contributed by atoms with Gasteiger partial charge in [-0.15, -0.1) is 0 Å². The lowest BCUT2D eigenvalue weighted by molar-refractivity contribution is 0.398. The predicted octanol–water partition coefficient (Wildman–Crippen LogP) is 4.04. The van der Waals surface area contributed by atoms with Crippen molar-refractivity contribution in [3.8, 4) is 17.0 Å². The Hall–Kier alpha value is -2.62. The van der Waals surface area contributed by atoms with Gasteiger partial charge in [-0.25, -0.2) is 4.98 Å². The molecule has 1 aromatic carbocycles. The van der Waals surface area contributed by atoms with Crippen molar-refractivity contribution in [2.24, 2.45) is 0 Å². The van der Waals surface area contributed by atoms with Gasteiger partial charge in [0.1, 0.15) is 0 Å². The lowest BCUT2D eigenvalue weighted by atomic mass is 9.99. The third-order valence-electron chi connectivity index (χ3n) is 4.29. The van der Waals surface area contributed by atoms with Gasteiger partial charge in [0.05, 0.1) is 12.5 Å². The first kappa shape index (κ1) is 16.2. The number of hydrogen-bond donors (Lipinski definition) is 0. The van der Waals surface area contributed by atoms with Crippen molar-refractivity contribution in [3.63, 3.8) is 0 Å². The van der Waals surface area contributed by atoms with Crippen LogP contribution in [-0.2, 0) is 13.0 Å². The van der Waals surface area contributed by atoms with E-state index in [4.69, 9.17) is 4.74 Å². The van der Waals surface area contributed by atoms with Crippen LogP contribution in [0.15, 0.2) is 47.4 Å². The van der Waals surface area contributed by atoms with E-state index in [1.165, 1.54) is 0 Å². The predicted molar refractivity (Wildman–Crippen MR) is 97.7 cm³/mol. The molecule has 0 radical (unpaired) electrons. The molecule has 0 bridgehead atoms. The average Bonchev–Trinajstić information content (AvgIpc) is 2.63. The molecule has 124 valence electrons. The number of benzene rings is 1. The van der Waals surface area contributed by atoms with Crippen LogP contribution in [0.25, 0.3) is 21.9 Å². The topological polar surface area (TPSA) is 44.1 Å². The van der Waals surface area contributed by atoms with Crippen LogP contribution in [0.5, 0.6) is 5.88 Å². The first-order chi connectivity index (χ1) is 11.7. The van der Waals surface area contributed by atoms with E-state index >= 15 is 0 Å². The molecule has 0 aliphatic carbocycles. The SMILES string of the molecule is CCCn1c(CC)cc2cccc(-c3ccnc(OC)c3)c2c1=O. The summed E-state index contributed by atoms with van der Waals surface area (Å²) in [5, 5.41) is 1.74. The van der Waals surface area contributed by atoms with Crippen LogP contribution in [0.2, 0.25) is 0 Å². The minimum Gasteiger partial charge on any atom is -0.481 e. The zero-order valence-electron chi connectivity index (χ0n) is 14.4. The molecule has 24 heavy (non-hydrogen) atoms. The molecule has 3 aromatic rings. The smallest absolute Gasteiger partial charge is 0.259 e. The fraction of sp³-hybridized carbons (Fsp3) is 0.300. The fourth-order valence-electron chi connectivity index (χ4n) is 3.14. The van der Waals surface area contributed by atoms with E-state index in [1.54, 1.807) is 13.3 Å². The van der Waals surface area contributed by atoms with Gasteiger partial charge in [-0.05, 0) is 41.5 Å². The molecule has 0 aliphatic rings.